The average molecular weight is 397 g/mol. The second-order valence-electron chi connectivity index (χ2n) is 6.17. The van der Waals surface area contributed by atoms with Gasteiger partial charge in [-0.15, -0.1) is 13.2 Å². The van der Waals surface area contributed by atoms with Gasteiger partial charge in [0.25, 0.3) is 5.91 Å². The molecule has 1 amide bonds. The Kier molecular flexibility index (Phi) is 5.81. The van der Waals surface area contributed by atoms with Crippen LogP contribution in [0, 0.1) is 4.64 Å². The fourth-order valence-electron chi connectivity index (χ4n) is 2.92. The second kappa shape index (κ2) is 8.10. The fraction of sp³-hybridized carbons (Fsp3) is 0.333. The molecular formula is C18H18F3N3O2S. The lowest BCUT2D eigenvalue weighted by Crippen LogP contribution is -2.48. The van der Waals surface area contributed by atoms with Crippen molar-refractivity contribution in [3.05, 3.63) is 58.4 Å². The molecule has 1 N–H and O–H groups in total. The van der Waals surface area contributed by atoms with E-state index in [1.54, 1.807) is 35.4 Å². The number of hydrogen-bond donors (Lipinski definition) is 1. The number of halogens is 3. The van der Waals surface area contributed by atoms with Crippen LogP contribution in [0.2, 0.25) is 0 Å². The number of piperazine rings is 1. The summed E-state index contributed by atoms with van der Waals surface area (Å²) in [5.74, 6) is -0.328. The van der Waals surface area contributed by atoms with Gasteiger partial charge in [-0.25, -0.2) is 0 Å². The molecule has 0 aliphatic carbocycles. The van der Waals surface area contributed by atoms with E-state index in [4.69, 9.17) is 12.2 Å². The van der Waals surface area contributed by atoms with Crippen molar-refractivity contribution in [2.75, 3.05) is 26.2 Å². The maximum absolute atomic E-state index is 12.6. The number of amides is 1. The summed E-state index contributed by atoms with van der Waals surface area (Å²) in [6.45, 7) is 3.08. The maximum atomic E-state index is 12.6. The minimum Gasteiger partial charge on any atom is -0.406 e. The third-order valence-electron chi connectivity index (χ3n) is 4.27. The number of nitrogens with one attached hydrogen (secondary N) is 1. The van der Waals surface area contributed by atoms with Gasteiger partial charge in [-0.05, 0) is 29.8 Å². The van der Waals surface area contributed by atoms with Crippen LogP contribution in [0.4, 0.5) is 13.2 Å². The lowest BCUT2D eigenvalue weighted by molar-refractivity contribution is -0.274. The van der Waals surface area contributed by atoms with Crippen molar-refractivity contribution in [2.24, 2.45) is 0 Å². The summed E-state index contributed by atoms with van der Waals surface area (Å²) in [7, 11) is 0. The van der Waals surface area contributed by atoms with E-state index in [1.165, 1.54) is 12.1 Å². The summed E-state index contributed by atoms with van der Waals surface area (Å²) in [4.78, 5) is 19.3. The monoisotopic (exact) mass is 397 g/mol. The standard InChI is InChI=1S/C18H18F3N3O2S/c19-18(20,21)26-14-5-3-13(4-6-14)12-23-8-10-24(11-9-23)17(25)15-2-1-7-22-16(15)27/h1-7H,8-12H2,(H,22,27). The van der Waals surface area contributed by atoms with Gasteiger partial charge in [-0.1, -0.05) is 24.4 Å². The number of nitrogens with zero attached hydrogens (tertiary/aromatic N) is 2. The van der Waals surface area contributed by atoms with Crippen LogP contribution in [-0.2, 0) is 6.54 Å². The Morgan fingerprint density at radius 2 is 1.78 bits per heavy atom. The molecule has 27 heavy (non-hydrogen) atoms. The number of pyridine rings is 1. The van der Waals surface area contributed by atoms with Gasteiger partial charge in [0.2, 0.25) is 0 Å². The van der Waals surface area contributed by atoms with Crippen LogP contribution in [0.15, 0.2) is 42.6 Å². The van der Waals surface area contributed by atoms with Gasteiger partial charge in [0, 0.05) is 38.9 Å². The van der Waals surface area contributed by atoms with Crippen molar-refractivity contribution >= 4 is 18.1 Å². The molecule has 2 aromatic rings. The van der Waals surface area contributed by atoms with Gasteiger partial charge >= 0.3 is 6.36 Å². The number of alkyl halides is 3. The average Bonchev–Trinajstić information content (AvgIpc) is 2.63. The minimum absolute atomic E-state index is 0.0925. The van der Waals surface area contributed by atoms with Gasteiger partial charge < -0.3 is 14.6 Å². The topological polar surface area (TPSA) is 48.6 Å². The molecule has 3 rings (SSSR count). The summed E-state index contributed by atoms with van der Waals surface area (Å²) in [5.41, 5.74) is 1.37. The first-order chi connectivity index (χ1) is 12.8. The van der Waals surface area contributed by atoms with E-state index < -0.39 is 6.36 Å². The summed E-state index contributed by atoms with van der Waals surface area (Å²) < 4.78 is 40.9. The Bertz CT molecular complexity index is 844. The van der Waals surface area contributed by atoms with Crippen molar-refractivity contribution in [3.63, 3.8) is 0 Å². The maximum Gasteiger partial charge on any atom is 0.573 e. The van der Waals surface area contributed by atoms with Gasteiger partial charge in [0.1, 0.15) is 10.4 Å². The zero-order chi connectivity index (χ0) is 19.4. The number of carbonyl (C=O) groups is 1. The SMILES string of the molecule is O=C(c1ccc[nH]c1=S)N1CCN(Cc2ccc(OC(F)(F)F)cc2)CC1. The zero-order valence-electron chi connectivity index (χ0n) is 14.3. The Morgan fingerprint density at radius 3 is 2.37 bits per heavy atom. The van der Waals surface area contributed by atoms with Crippen LogP contribution in [0.1, 0.15) is 15.9 Å². The Labute approximate surface area is 159 Å². The molecule has 9 heteroatoms. The molecule has 1 saturated heterocycles. The largest absolute Gasteiger partial charge is 0.573 e. The third-order valence-corrected chi connectivity index (χ3v) is 4.61. The van der Waals surface area contributed by atoms with Crippen LogP contribution < -0.4 is 4.74 Å². The number of aromatic nitrogens is 1. The van der Waals surface area contributed by atoms with E-state index in [0.717, 1.165) is 5.56 Å². The normalized spacial score (nSPS) is 15.6. The van der Waals surface area contributed by atoms with E-state index in [9.17, 15) is 18.0 Å². The first-order valence-electron chi connectivity index (χ1n) is 8.36. The zero-order valence-corrected chi connectivity index (χ0v) is 15.1. The summed E-state index contributed by atoms with van der Waals surface area (Å²) in [5, 5.41) is 0. The van der Waals surface area contributed by atoms with Gasteiger partial charge in [0.15, 0.2) is 0 Å². The molecule has 5 nitrogen and oxygen atoms in total. The molecule has 1 aromatic carbocycles. The highest BCUT2D eigenvalue weighted by atomic mass is 32.1. The number of carbonyl (C=O) groups excluding carboxylic acids is 1. The molecule has 0 saturated carbocycles. The fourth-order valence-corrected chi connectivity index (χ4v) is 3.15. The highest BCUT2D eigenvalue weighted by Gasteiger charge is 2.31. The van der Waals surface area contributed by atoms with E-state index >= 15 is 0 Å². The highest BCUT2D eigenvalue weighted by Crippen LogP contribution is 2.23. The summed E-state index contributed by atoms with van der Waals surface area (Å²) in [6.07, 6.45) is -3.01. The number of hydrogen-bond acceptors (Lipinski definition) is 4. The quantitative estimate of drug-likeness (QED) is 0.801. The van der Waals surface area contributed by atoms with Gasteiger partial charge in [-0.2, -0.15) is 0 Å². The molecule has 0 atom stereocenters. The smallest absolute Gasteiger partial charge is 0.406 e. The molecule has 0 unspecified atom stereocenters. The molecule has 0 radical (unpaired) electrons. The third kappa shape index (κ3) is 5.30. The number of H-pyrrole nitrogens is 1. The Hall–Kier alpha value is -2.39. The molecule has 0 spiro atoms. The van der Waals surface area contributed by atoms with Crippen molar-refractivity contribution in [3.8, 4) is 5.75 Å². The summed E-state index contributed by atoms with van der Waals surface area (Å²) in [6, 6.07) is 9.28. The van der Waals surface area contributed by atoms with Crippen LogP contribution in [0.3, 0.4) is 0 Å². The van der Waals surface area contributed by atoms with Gasteiger partial charge in [0.05, 0.1) is 5.56 Å². The van der Waals surface area contributed by atoms with Gasteiger partial charge in [-0.3, -0.25) is 9.69 Å². The lowest BCUT2D eigenvalue weighted by Gasteiger charge is -2.34. The molecule has 0 bridgehead atoms. The second-order valence-corrected chi connectivity index (χ2v) is 6.58. The van der Waals surface area contributed by atoms with Crippen molar-refractivity contribution < 1.29 is 22.7 Å². The van der Waals surface area contributed by atoms with Crippen molar-refractivity contribution in [1.82, 2.24) is 14.8 Å². The minimum atomic E-state index is -4.69. The van der Waals surface area contributed by atoms with Crippen LogP contribution in [0.25, 0.3) is 0 Å². The first kappa shape index (κ1) is 19.4. The van der Waals surface area contributed by atoms with Crippen molar-refractivity contribution in [1.29, 1.82) is 0 Å². The number of benzene rings is 1. The first-order valence-corrected chi connectivity index (χ1v) is 8.77. The molecule has 1 aliphatic heterocycles. The molecule has 144 valence electrons. The Morgan fingerprint density at radius 1 is 1.11 bits per heavy atom. The lowest BCUT2D eigenvalue weighted by atomic mass is 10.1. The molecule has 1 fully saturated rings. The Balaban J connectivity index is 1.53. The van der Waals surface area contributed by atoms with E-state index in [0.29, 0.717) is 42.9 Å². The molecule has 1 aliphatic rings. The van der Waals surface area contributed by atoms with E-state index in [-0.39, 0.29) is 11.7 Å². The predicted octanol–water partition coefficient (Wildman–Crippen LogP) is 3.60. The molecular weight excluding hydrogens is 379 g/mol. The van der Waals surface area contributed by atoms with Crippen LogP contribution >= 0.6 is 12.2 Å². The van der Waals surface area contributed by atoms with E-state index in [2.05, 4.69) is 14.6 Å². The number of ether oxygens (including phenoxy) is 1. The number of aromatic amines is 1. The van der Waals surface area contributed by atoms with E-state index in [1.807, 2.05) is 0 Å². The number of rotatable bonds is 4. The molecule has 1 aromatic heterocycles. The van der Waals surface area contributed by atoms with Crippen LogP contribution in [0.5, 0.6) is 5.75 Å². The van der Waals surface area contributed by atoms with Crippen LogP contribution in [-0.4, -0.2) is 53.2 Å². The predicted molar refractivity (Wildman–Crippen MR) is 95.9 cm³/mol. The van der Waals surface area contributed by atoms with Crippen molar-refractivity contribution in [2.45, 2.75) is 12.9 Å². The summed E-state index contributed by atoms with van der Waals surface area (Å²) >= 11 is 5.16. The highest BCUT2D eigenvalue weighted by molar-refractivity contribution is 7.71. The molecule has 2 heterocycles.